The van der Waals surface area contributed by atoms with Crippen LogP contribution < -0.4 is 4.90 Å². The Bertz CT molecular complexity index is 313. The van der Waals surface area contributed by atoms with E-state index in [1.165, 1.54) is 30.8 Å². The lowest BCUT2D eigenvalue weighted by molar-refractivity contribution is 0.0684. The molecule has 1 aromatic heterocycles. The molecule has 2 unspecified atom stereocenters. The van der Waals surface area contributed by atoms with Crippen LogP contribution in [0, 0.1) is 0 Å². The van der Waals surface area contributed by atoms with Crippen molar-refractivity contribution in [3.63, 3.8) is 0 Å². The van der Waals surface area contributed by atoms with Crippen LogP contribution in [0.5, 0.6) is 0 Å². The summed E-state index contributed by atoms with van der Waals surface area (Å²) < 4.78 is 5.49. The molecular formula is C11H16N2OS. The molecule has 3 nitrogen and oxygen atoms in total. The topological polar surface area (TPSA) is 25.4 Å². The summed E-state index contributed by atoms with van der Waals surface area (Å²) in [4.78, 5) is 6.96. The second-order valence-corrected chi connectivity index (χ2v) is 5.31. The van der Waals surface area contributed by atoms with Crippen LogP contribution in [0.1, 0.15) is 25.7 Å². The van der Waals surface area contributed by atoms with Gasteiger partial charge in [-0.3, -0.25) is 0 Å². The second-order valence-electron chi connectivity index (χ2n) is 4.44. The summed E-state index contributed by atoms with van der Waals surface area (Å²) in [6.45, 7) is 0. The normalized spacial score (nSPS) is 34.7. The Labute approximate surface area is 94.1 Å². The Kier molecular flexibility index (Phi) is 2.41. The fraction of sp³-hybridized carbons (Fsp3) is 0.727. The molecule has 2 saturated heterocycles. The zero-order chi connectivity index (χ0) is 10.3. The minimum atomic E-state index is 0.471. The van der Waals surface area contributed by atoms with Crippen molar-refractivity contribution in [3.8, 4) is 0 Å². The Hall–Kier alpha value is -0.610. The highest BCUT2D eigenvalue weighted by atomic mass is 32.1. The summed E-state index contributed by atoms with van der Waals surface area (Å²) in [6.07, 6.45) is 7.34. The minimum absolute atomic E-state index is 0.471. The maximum Gasteiger partial charge on any atom is 0.185 e. The number of anilines is 1. The molecule has 2 bridgehead atoms. The zero-order valence-corrected chi connectivity index (χ0v) is 9.74. The van der Waals surface area contributed by atoms with Crippen LogP contribution in [0.25, 0.3) is 0 Å². The van der Waals surface area contributed by atoms with Crippen LogP contribution in [0.4, 0.5) is 5.13 Å². The third kappa shape index (κ3) is 1.56. The van der Waals surface area contributed by atoms with Gasteiger partial charge in [-0.25, -0.2) is 4.98 Å². The van der Waals surface area contributed by atoms with Crippen molar-refractivity contribution in [2.75, 3.05) is 12.0 Å². The zero-order valence-electron chi connectivity index (χ0n) is 8.93. The lowest BCUT2D eigenvalue weighted by atomic mass is 10.0. The van der Waals surface area contributed by atoms with Crippen LogP contribution in [-0.4, -0.2) is 30.3 Å². The monoisotopic (exact) mass is 224 g/mol. The molecule has 2 aliphatic heterocycles. The van der Waals surface area contributed by atoms with Gasteiger partial charge in [0.1, 0.15) is 0 Å². The van der Waals surface area contributed by atoms with E-state index in [-0.39, 0.29) is 0 Å². The van der Waals surface area contributed by atoms with Crippen LogP contribution in [0.15, 0.2) is 11.6 Å². The van der Waals surface area contributed by atoms with Crippen molar-refractivity contribution in [1.82, 2.24) is 4.98 Å². The largest absolute Gasteiger partial charge is 0.381 e. The first-order valence-electron chi connectivity index (χ1n) is 5.59. The predicted molar refractivity (Wildman–Crippen MR) is 61.4 cm³/mol. The van der Waals surface area contributed by atoms with Gasteiger partial charge >= 0.3 is 0 Å². The number of hydrogen-bond donors (Lipinski definition) is 0. The van der Waals surface area contributed by atoms with Crippen molar-refractivity contribution in [2.45, 2.75) is 43.9 Å². The van der Waals surface area contributed by atoms with Gasteiger partial charge in [0.05, 0.1) is 6.10 Å². The summed E-state index contributed by atoms with van der Waals surface area (Å²) in [6, 6.07) is 1.33. The Balaban J connectivity index is 1.83. The first-order valence-corrected chi connectivity index (χ1v) is 6.47. The second kappa shape index (κ2) is 3.76. The maximum absolute atomic E-state index is 5.49. The molecule has 15 heavy (non-hydrogen) atoms. The number of piperidine rings is 1. The molecule has 2 atom stereocenters. The molecule has 2 fully saturated rings. The average Bonchev–Trinajstić information content (AvgIpc) is 2.84. The van der Waals surface area contributed by atoms with E-state index in [2.05, 4.69) is 15.3 Å². The van der Waals surface area contributed by atoms with Gasteiger partial charge in [0, 0.05) is 30.8 Å². The standard InChI is InChI=1S/C11H16N2OS/c1-14-10-6-8-2-3-9(7-10)13(8)11-12-4-5-15-11/h4-5,8-10H,2-3,6-7H2,1H3. The number of rotatable bonds is 2. The maximum atomic E-state index is 5.49. The summed E-state index contributed by atoms with van der Waals surface area (Å²) in [7, 11) is 1.84. The van der Waals surface area contributed by atoms with Crippen LogP contribution >= 0.6 is 11.3 Å². The number of fused-ring (bicyclic) bond motifs is 2. The van der Waals surface area contributed by atoms with E-state index in [0.29, 0.717) is 18.2 Å². The third-order valence-corrected chi connectivity index (χ3v) is 4.45. The Morgan fingerprint density at radius 1 is 1.40 bits per heavy atom. The fourth-order valence-corrected chi connectivity index (χ4v) is 3.76. The lowest BCUT2D eigenvalue weighted by Crippen LogP contribution is -2.45. The molecule has 2 aliphatic rings. The van der Waals surface area contributed by atoms with E-state index in [0.717, 1.165) is 0 Å². The summed E-state index contributed by atoms with van der Waals surface area (Å²) >= 11 is 1.76. The molecule has 0 aliphatic carbocycles. The Morgan fingerprint density at radius 3 is 2.67 bits per heavy atom. The van der Waals surface area contributed by atoms with Crippen LogP contribution in [0.3, 0.4) is 0 Å². The number of ether oxygens (including phenoxy) is 1. The highest BCUT2D eigenvalue weighted by Crippen LogP contribution is 2.40. The van der Waals surface area contributed by atoms with Crippen LogP contribution in [0.2, 0.25) is 0 Å². The molecule has 82 valence electrons. The summed E-state index contributed by atoms with van der Waals surface area (Å²) in [5.74, 6) is 0. The van der Waals surface area contributed by atoms with Gasteiger partial charge in [-0.15, -0.1) is 11.3 Å². The number of aromatic nitrogens is 1. The SMILES string of the molecule is COC1CC2CCC(C1)N2c1nccs1. The van der Waals surface area contributed by atoms with Crippen molar-refractivity contribution < 1.29 is 4.74 Å². The number of nitrogens with zero attached hydrogens (tertiary/aromatic N) is 2. The van der Waals surface area contributed by atoms with Gasteiger partial charge in [0.25, 0.3) is 0 Å². The molecule has 0 amide bonds. The molecule has 0 saturated carbocycles. The average molecular weight is 224 g/mol. The first kappa shape index (κ1) is 9.60. The third-order valence-electron chi connectivity index (χ3n) is 3.66. The predicted octanol–water partition coefficient (Wildman–Crippen LogP) is 2.29. The molecular weight excluding hydrogens is 208 g/mol. The van der Waals surface area contributed by atoms with E-state index in [1.54, 1.807) is 11.3 Å². The molecule has 0 N–H and O–H groups in total. The van der Waals surface area contributed by atoms with E-state index >= 15 is 0 Å². The van der Waals surface area contributed by atoms with Gasteiger partial charge in [0.2, 0.25) is 0 Å². The van der Waals surface area contributed by atoms with Crippen LogP contribution in [-0.2, 0) is 4.74 Å². The van der Waals surface area contributed by atoms with Crippen molar-refractivity contribution in [2.24, 2.45) is 0 Å². The van der Waals surface area contributed by atoms with E-state index in [9.17, 15) is 0 Å². The summed E-state index contributed by atoms with van der Waals surface area (Å²) in [5, 5.41) is 3.27. The van der Waals surface area contributed by atoms with Gasteiger partial charge in [-0.2, -0.15) is 0 Å². The lowest BCUT2D eigenvalue weighted by Gasteiger charge is -2.38. The van der Waals surface area contributed by atoms with E-state index in [1.807, 2.05) is 13.3 Å². The molecule has 4 heteroatoms. The van der Waals surface area contributed by atoms with Gasteiger partial charge in [-0.05, 0) is 25.7 Å². The molecule has 3 rings (SSSR count). The number of thiazole rings is 1. The van der Waals surface area contributed by atoms with E-state index in [4.69, 9.17) is 4.74 Å². The molecule has 3 heterocycles. The molecule has 1 aromatic rings. The van der Waals surface area contributed by atoms with E-state index < -0.39 is 0 Å². The quantitative estimate of drug-likeness (QED) is 0.770. The summed E-state index contributed by atoms with van der Waals surface area (Å²) in [5.41, 5.74) is 0. The molecule has 0 radical (unpaired) electrons. The minimum Gasteiger partial charge on any atom is -0.381 e. The molecule has 0 spiro atoms. The Morgan fingerprint density at radius 2 is 2.13 bits per heavy atom. The van der Waals surface area contributed by atoms with Crippen molar-refractivity contribution >= 4 is 16.5 Å². The smallest absolute Gasteiger partial charge is 0.185 e. The number of methoxy groups -OCH3 is 1. The van der Waals surface area contributed by atoms with Crippen molar-refractivity contribution in [3.05, 3.63) is 11.6 Å². The highest BCUT2D eigenvalue weighted by molar-refractivity contribution is 7.13. The fourth-order valence-electron chi connectivity index (χ4n) is 2.98. The molecule has 0 aromatic carbocycles. The first-order chi connectivity index (χ1) is 7.38. The van der Waals surface area contributed by atoms with Gasteiger partial charge < -0.3 is 9.64 Å². The van der Waals surface area contributed by atoms with Crippen molar-refractivity contribution in [1.29, 1.82) is 0 Å². The highest BCUT2D eigenvalue weighted by Gasteiger charge is 2.41. The number of hydrogen-bond acceptors (Lipinski definition) is 4. The van der Waals surface area contributed by atoms with Gasteiger partial charge in [-0.1, -0.05) is 0 Å². The van der Waals surface area contributed by atoms with Gasteiger partial charge in [0.15, 0.2) is 5.13 Å².